The molecule has 0 aromatic heterocycles. The van der Waals surface area contributed by atoms with Crippen molar-refractivity contribution in [1.82, 2.24) is 0 Å². The molecule has 0 unspecified atom stereocenters. The van der Waals surface area contributed by atoms with E-state index in [4.69, 9.17) is 0 Å². The van der Waals surface area contributed by atoms with Gasteiger partial charge in [0.25, 0.3) is 11.8 Å². The Labute approximate surface area is 123 Å². The lowest BCUT2D eigenvalue weighted by Crippen LogP contribution is -2.29. The first-order valence-corrected chi connectivity index (χ1v) is 6.73. The molecule has 0 radical (unpaired) electrons. The third kappa shape index (κ3) is 1.78. The highest BCUT2D eigenvalue weighted by molar-refractivity contribution is 9.10. The van der Waals surface area contributed by atoms with Gasteiger partial charge in [0.15, 0.2) is 0 Å². The summed E-state index contributed by atoms with van der Waals surface area (Å²) in [4.78, 5) is 25.8. The highest BCUT2D eigenvalue weighted by Crippen LogP contribution is 2.34. The molecule has 1 aliphatic rings. The van der Waals surface area contributed by atoms with E-state index in [1.807, 2.05) is 0 Å². The second kappa shape index (κ2) is 4.52. The standard InChI is InChI=1S/C15H9BrFNO2/c1-8-6-13(11(16)7-12(8)17)18-14(19)9-4-2-3-5-10(9)15(18)20/h2-7H,1H3. The highest BCUT2D eigenvalue weighted by atomic mass is 79.9. The van der Waals surface area contributed by atoms with Crippen LogP contribution in [0.2, 0.25) is 0 Å². The van der Waals surface area contributed by atoms with Gasteiger partial charge in [0.1, 0.15) is 5.82 Å². The number of hydrogen-bond donors (Lipinski definition) is 0. The summed E-state index contributed by atoms with van der Waals surface area (Å²) < 4.78 is 13.9. The molecule has 0 saturated heterocycles. The van der Waals surface area contributed by atoms with Crippen molar-refractivity contribution in [2.45, 2.75) is 6.92 Å². The number of fused-ring (bicyclic) bond motifs is 1. The van der Waals surface area contributed by atoms with Crippen LogP contribution in [0, 0.1) is 12.7 Å². The van der Waals surface area contributed by atoms with Gasteiger partial charge in [-0.3, -0.25) is 9.59 Å². The minimum atomic E-state index is -0.391. The van der Waals surface area contributed by atoms with E-state index in [9.17, 15) is 14.0 Å². The van der Waals surface area contributed by atoms with Crippen LogP contribution in [0.1, 0.15) is 26.3 Å². The maximum Gasteiger partial charge on any atom is 0.266 e. The van der Waals surface area contributed by atoms with Gasteiger partial charge in [-0.05, 0) is 52.7 Å². The summed E-state index contributed by atoms with van der Waals surface area (Å²) in [5.41, 5.74) is 1.47. The number of benzene rings is 2. The van der Waals surface area contributed by atoms with Gasteiger partial charge in [0, 0.05) is 4.47 Å². The lowest BCUT2D eigenvalue weighted by Gasteiger charge is -2.16. The van der Waals surface area contributed by atoms with Gasteiger partial charge in [0.2, 0.25) is 0 Å². The molecule has 3 nitrogen and oxygen atoms in total. The van der Waals surface area contributed by atoms with Gasteiger partial charge in [-0.2, -0.15) is 0 Å². The number of halogens is 2. The van der Waals surface area contributed by atoms with Crippen molar-refractivity contribution in [3.63, 3.8) is 0 Å². The summed E-state index contributed by atoms with van der Waals surface area (Å²) in [5, 5.41) is 0. The Bertz CT molecular complexity index is 723. The Balaban J connectivity index is 2.17. The zero-order chi connectivity index (χ0) is 14.4. The van der Waals surface area contributed by atoms with Gasteiger partial charge >= 0.3 is 0 Å². The molecule has 100 valence electrons. The molecule has 0 N–H and O–H groups in total. The van der Waals surface area contributed by atoms with Crippen molar-refractivity contribution in [2.24, 2.45) is 0 Å². The predicted molar refractivity (Wildman–Crippen MR) is 76.4 cm³/mol. The smallest absolute Gasteiger partial charge is 0.266 e. The van der Waals surface area contributed by atoms with Gasteiger partial charge in [0.05, 0.1) is 16.8 Å². The van der Waals surface area contributed by atoms with E-state index in [0.717, 1.165) is 4.90 Å². The molecule has 5 heteroatoms. The number of anilines is 1. The highest BCUT2D eigenvalue weighted by Gasteiger charge is 2.37. The zero-order valence-corrected chi connectivity index (χ0v) is 12.1. The molecule has 0 aliphatic carbocycles. The molecule has 3 rings (SSSR count). The average Bonchev–Trinajstić information content (AvgIpc) is 2.68. The number of aryl methyl sites for hydroxylation is 1. The van der Waals surface area contributed by atoms with E-state index in [-0.39, 0.29) is 0 Å². The normalized spacial score (nSPS) is 13.8. The van der Waals surface area contributed by atoms with E-state index >= 15 is 0 Å². The SMILES string of the molecule is Cc1cc(N2C(=O)c3ccccc3C2=O)c(Br)cc1F. The number of carbonyl (C=O) groups is 2. The van der Waals surface area contributed by atoms with E-state index in [0.29, 0.717) is 26.9 Å². The Kier molecular flexibility index (Phi) is 2.94. The summed E-state index contributed by atoms with van der Waals surface area (Å²) in [6, 6.07) is 9.38. The minimum Gasteiger partial charge on any atom is -0.268 e. The second-order valence-electron chi connectivity index (χ2n) is 4.54. The largest absolute Gasteiger partial charge is 0.268 e. The van der Waals surface area contributed by atoms with Crippen LogP contribution in [0.15, 0.2) is 40.9 Å². The lowest BCUT2D eigenvalue weighted by atomic mass is 10.1. The summed E-state index contributed by atoms with van der Waals surface area (Å²) in [5.74, 6) is -1.17. The third-order valence-electron chi connectivity index (χ3n) is 3.26. The Morgan fingerprint density at radius 3 is 2.15 bits per heavy atom. The van der Waals surface area contributed by atoms with Crippen LogP contribution in [0.3, 0.4) is 0 Å². The van der Waals surface area contributed by atoms with E-state index in [1.54, 1.807) is 31.2 Å². The van der Waals surface area contributed by atoms with Crippen molar-refractivity contribution in [1.29, 1.82) is 0 Å². The fraction of sp³-hybridized carbons (Fsp3) is 0.0667. The monoisotopic (exact) mass is 333 g/mol. The third-order valence-corrected chi connectivity index (χ3v) is 3.90. The topological polar surface area (TPSA) is 37.4 Å². The minimum absolute atomic E-state index is 0.357. The van der Waals surface area contributed by atoms with Gasteiger partial charge in [-0.25, -0.2) is 9.29 Å². The van der Waals surface area contributed by atoms with Crippen LogP contribution in [0.25, 0.3) is 0 Å². The van der Waals surface area contributed by atoms with E-state index in [2.05, 4.69) is 15.9 Å². The number of hydrogen-bond acceptors (Lipinski definition) is 2. The van der Waals surface area contributed by atoms with Crippen molar-refractivity contribution in [3.8, 4) is 0 Å². The fourth-order valence-corrected chi connectivity index (χ4v) is 2.71. The lowest BCUT2D eigenvalue weighted by molar-refractivity contribution is 0.0926. The van der Waals surface area contributed by atoms with Gasteiger partial charge < -0.3 is 0 Å². The van der Waals surface area contributed by atoms with Crippen LogP contribution in [-0.2, 0) is 0 Å². The molecular weight excluding hydrogens is 325 g/mol. The molecule has 0 atom stereocenters. The van der Waals surface area contributed by atoms with Crippen molar-refractivity contribution < 1.29 is 14.0 Å². The van der Waals surface area contributed by atoms with Crippen LogP contribution in [-0.4, -0.2) is 11.8 Å². The molecule has 2 aromatic carbocycles. The second-order valence-corrected chi connectivity index (χ2v) is 5.40. The zero-order valence-electron chi connectivity index (χ0n) is 10.5. The summed E-state index contributed by atoms with van der Waals surface area (Å²) >= 11 is 3.20. The van der Waals surface area contributed by atoms with Crippen molar-refractivity contribution in [3.05, 3.63) is 63.4 Å². The van der Waals surface area contributed by atoms with Gasteiger partial charge in [-0.15, -0.1) is 0 Å². The molecule has 0 bridgehead atoms. The molecular formula is C15H9BrFNO2. The Hall–Kier alpha value is -2.01. The van der Waals surface area contributed by atoms with Crippen molar-refractivity contribution in [2.75, 3.05) is 4.90 Å². The van der Waals surface area contributed by atoms with Crippen LogP contribution >= 0.6 is 15.9 Å². The molecule has 0 saturated carbocycles. The molecule has 2 amide bonds. The molecule has 0 spiro atoms. The first-order chi connectivity index (χ1) is 9.50. The van der Waals surface area contributed by atoms with Crippen molar-refractivity contribution >= 4 is 33.4 Å². The first-order valence-electron chi connectivity index (χ1n) is 5.94. The molecule has 0 fully saturated rings. The van der Waals surface area contributed by atoms with E-state index < -0.39 is 17.6 Å². The van der Waals surface area contributed by atoms with Crippen LogP contribution < -0.4 is 4.90 Å². The summed E-state index contributed by atoms with van der Waals surface area (Å²) in [7, 11) is 0. The fourth-order valence-electron chi connectivity index (χ4n) is 2.22. The van der Waals surface area contributed by atoms with Crippen LogP contribution in [0.5, 0.6) is 0 Å². The Morgan fingerprint density at radius 1 is 1.05 bits per heavy atom. The first kappa shape index (κ1) is 13.0. The molecule has 1 aliphatic heterocycles. The number of imide groups is 1. The molecule has 1 heterocycles. The van der Waals surface area contributed by atoms with E-state index in [1.165, 1.54) is 12.1 Å². The summed E-state index contributed by atoms with van der Waals surface area (Å²) in [6.45, 7) is 1.59. The summed E-state index contributed by atoms with van der Waals surface area (Å²) in [6.07, 6.45) is 0. The Morgan fingerprint density at radius 2 is 1.60 bits per heavy atom. The molecule has 2 aromatic rings. The number of nitrogens with zero attached hydrogens (tertiary/aromatic N) is 1. The molecule has 20 heavy (non-hydrogen) atoms. The number of rotatable bonds is 1. The van der Waals surface area contributed by atoms with Gasteiger partial charge in [-0.1, -0.05) is 12.1 Å². The maximum atomic E-state index is 13.5. The number of amides is 2. The number of carbonyl (C=O) groups excluding carboxylic acids is 2. The average molecular weight is 334 g/mol. The quantitative estimate of drug-likeness (QED) is 0.746. The maximum absolute atomic E-state index is 13.5. The predicted octanol–water partition coefficient (Wildman–Crippen LogP) is 3.70. The van der Waals surface area contributed by atoms with Crippen LogP contribution in [0.4, 0.5) is 10.1 Å².